The van der Waals surface area contributed by atoms with Crippen LogP contribution in [0, 0.1) is 0 Å². The van der Waals surface area contributed by atoms with E-state index in [1.54, 1.807) is 31.0 Å². The molecule has 2 aliphatic rings. The van der Waals surface area contributed by atoms with Gasteiger partial charge in [0.1, 0.15) is 12.1 Å². The van der Waals surface area contributed by atoms with E-state index in [0.717, 1.165) is 19.3 Å². The number of alkyl halides is 3. The lowest BCUT2D eigenvalue weighted by Gasteiger charge is -2.35. The van der Waals surface area contributed by atoms with Gasteiger partial charge in [0.25, 0.3) is 0 Å². The average Bonchev–Trinajstić information content (AvgIpc) is 3.30. The Kier molecular flexibility index (Phi) is 10.1. The topological polar surface area (TPSA) is 137 Å². The van der Waals surface area contributed by atoms with Crippen LogP contribution < -0.4 is 21.3 Å². The molecule has 0 aromatic heterocycles. The van der Waals surface area contributed by atoms with Gasteiger partial charge in [-0.1, -0.05) is 25.0 Å². The minimum Gasteiger partial charge on any atom is -0.350 e. The average molecular weight is 554 g/mol. The Labute approximate surface area is 224 Å². The number of ketones is 1. The van der Waals surface area contributed by atoms with Crippen molar-refractivity contribution < 1.29 is 37.1 Å². The Hall–Kier alpha value is -3.48. The Morgan fingerprint density at radius 1 is 1.08 bits per heavy atom. The maximum Gasteiger partial charge on any atom is 0.450 e. The summed E-state index contributed by atoms with van der Waals surface area (Å²) in [6, 6.07) is 4.16. The van der Waals surface area contributed by atoms with Gasteiger partial charge in [-0.05, 0) is 57.4 Å². The molecular weight excluding hydrogens is 519 g/mol. The third-order valence-corrected chi connectivity index (χ3v) is 7.10. The summed E-state index contributed by atoms with van der Waals surface area (Å²) in [5.74, 6) is -4.16. The summed E-state index contributed by atoms with van der Waals surface area (Å²) < 4.78 is 37.2. The maximum absolute atomic E-state index is 13.5. The lowest BCUT2D eigenvalue weighted by molar-refractivity contribution is -0.171. The summed E-state index contributed by atoms with van der Waals surface area (Å²) in [4.78, 5) is 63.5. The molecule has 39 heavy (non-hydrogen) atoms. The van der Waals surface area contributed by atoms with Crippen LogP contribution >= 0.6 is 0 Å². The Morgan fingerprint density at radius 3 is 2.49 bits per heavy atom. The van der Waals surface area contributed by atoms with Gasteiger partial charge in [0, 0.05) is 18.3 Å². The molecule has 0 bridgehead atoms. The molecule has 13 heteroatoms. The minimum absolute atomic E-state index is 0.0487. The second-order valence-corrected chi connectivity index (χ2v) is 9.91. The molecular formula is C26H34F3N5O5. The largest absolute Gasteiger partial charge is 0.450 e. The van der Waals surface area contributed by atoms with Crippen LogP contribution in [0.2, 0.25) is 0 Å². The van der Waals surface area contributed by atoms with Crippen molar-refractivity contribution in [3.05, 3.63) is 29.8 Å². The molecule has 4 amide bonds. The molecule has 1 unspecified atom stereocenters. The first kappa shape index (κ1) is 30.1. The number of benzene rings is 1. The van der Waals surface area contributed by atoms with Gasteiger partial charge < -0.3 is 26.2 Å². The number of anilines is 1. The van der Waals surface area contributed by atoms with Gasteiger partial charge in [-0.3, -0.25) is 24.0 Å². The number of carbonyl (C=O) groups is 5. The van der Waals surface area contributed by atoms with Crippen LogP contribution in [0.3, 0.4) is 0 Å². The Balaban J connectivity index is 1.62. The van der Waals surface area contributed by atoms with E-state index in [9.17, 15) is 37.1 Å². The summed E-state index contributed by atoms with van der Waals surface area (Å²) in [5, 5.41) is 10.7. The van der Waals surface area contributed by atoms with Gasteiger partial charge in [-0.15, -0.1) is 0 Å². The number of likely N-dealkylation sites (N-methyl/N-ethyl adjacent to an activating group) is 1. The number of hydrogen-bond donors (Lipinski definition) is 4. The Bertz CT molecular complexity index is 1100. The van der Waals surface area contributed by atoms with Crippen LogP contribution in [0.4, 0.5) is 18.9 Å². The number of fused-ring (bicyclic) bond motifs is 1. The summed E-state index contributed by atoms with van der Waals surface area (Å²) in [5.41, 5.74) is 0.735. The standard InChI is InChI=1S/C26H34F3N5O5/c1-15(30-2)23(37)33-19-9-4-3-8-18-10-11-20(34(18)25(19)39)24(38)31-14-16-6-5-7-17(12-16)32-22(36)13-21(35)26(27,28)29/h5-7,12,15,18-20,30H,3-4,8-11,13-14H2,1-2H3,(H,31,38)(H,32,36)(H,33,37)/t15?,18-,19-,20-/m0/s1. The van der Waals surface area contributed by atoms with E-state index in [4.69, 9.17) is 0 Å². The lowest BCUT2D eigenvalue weighted by Crippen LogP contribution is -2.57. The van der Waals surface area contributed by atoms with Gasteiger partial charge in [-0.25, -0.2) is 0 Å². The first-order chi connectivity index (χ1) is 18.4. The fourth-order valence-electron chi connectivity index (χ4n) is 4.87. The van der Waals surface area contributed by atoms with E-state index < -0.39 is 42.4 Å². The van der Waals surface area contributed by atoms with Crippen LogP contribution in [0.15, 0.2) is 24.3 Å². The fourth-order valence-corrected chi connectivity index (χ4v) is 4.87. The molecule has 2 aliphatic heterocycles. The van der Waals surface area contributed by atoms with Crippen molar-refractivity contribution in [2.24, 2.45) is 0 Å². The zero-order valence-electron chi connectivity index (χ0n) is 21.9. The normalized spacial score (nSPS) is 22.2. The summed E-state index contributed by atoms with van der Waals surface area (Å²) in [7, 11) is 1.65. The molecule has 214 valence electrons. The number of nitrogens with one attached hydrogen (secondary N) is 4. The zero-order valence-corrected chi connectivity index (χ0v) is 21.9. The van der Waals surface area contributed by atoms with Crippen molar-refractivity contribution in [3.63, 3.8) is 0 Å². The molecule has 0 spiro atoms. The van der Waals surface area contributed by atoms with E-state index in [0.29, 0.717) is 24.8 Å². The quantitative estimate of drug-likeness (QED) is 0.344. The molecule has 0 radical (unpaired) electrons. The molecule has 2 saturated heterocycles. The van der Waals surface area contributed by atoms with Gasteiger partial charge in [0.2, 0.25) is 29.4 Å². The number of halogens is 3. The Morgan fingerprint density at radius 2 is 1.79 bits per heavy atom. The molecule has 2 fully saturated rings. The van der Waals surface area contributed by atoms with Crippen molar-refractivity contribution in [2.45, 2.75) is 88.8 Å². The highest BCUT2D eigenvalue weighted by Crippen LogP contribution is 2.31. The molecule has 4 atom stereocenters. The molecule has 1 aromatic rings. The smallest absolute Gasteiger partial charge is 0.350 e. The zero-order chi connectivity index (χ0) is 28.7. The second-order valence-electron chi connectivity index (χ2n) is 9.91. The number of amides is 4. The van der Waals surface area contributed by atoms with E-state index >= 15 is 0 Å². The monoisotopic (exact) mass is 553 g/mol. The molecule has 10 nitrogen and oxygen atoms in total. The van der Waals surface area contributed by atoms with E-state index in [1.165, 1.54) is 12.1 Å². The van der Waals surface area contributed by atoms with Gasteiger partial charge >= 0.3 is 6.18 Å². The number of Topliss-reactive ketones (excluding diaryl/α,β-unsaturated/α-hetero) is 1. The van der Waals surface area contributed by atoms with Crippen molar-refractivity contribution in [1.82, 2.24) is 20.9 Å². The predicted molar refractivity (Wildman–Crippen MR) is 135 cm³/mol. The summed E-state index contributed by atoms with van der Waals surface area (Å²) in [6.07, 6.45) is -2.31. The molecule has 0 saturated carbocycles. The number of hydrogen-bond acceptors (Lipinski definition) is 6. The molecule has 0 aliphatic carbocycles. The number of rotatable bonds is 9. The van der Waals surface area contributed by atoms with Crippen LogP contribution in [0.25, 0.3) is 0 Å². The van der Waals surface area contributed by atoms with Crippen molar-refractivity contribution in [2.75, 3.05) is 12.4 Å². The minimum atomic E-state index is -5.09. The summed E-state index contributed by atoms with van der Waals surface area (Å²) in [6.45, 7) is 1.74. The van der Waals surface area contributed by atoms with E-state index in [2.05, 4.69) is 21.3 Å². The predicted octanol–water partition coefficient (Wildman–Crippen LogP) is 1.79. The third-order valence-electron chi connectivity index (χ3n) is 7.10. The van der Waals surface area contributed by atoms with E-state index in [1.807, 2.05) is 0 Å². The fraction of sp³-hybridized carbons (Fsp3) is 0.577. The lowest BCUT2D eigenvalue weighted by atomic mass is 9.98. The maximum atomic E-state index is 13.5. The molecule has 3 rings (SSSR count). The molecule has 2 heterocycles. The number of nitrogens with zero attached hydrogens (tertiary/aromatic N) is 1. The highest BCUT2D eigenvalue weighted by Gasteiger charge is 2.44. The first-order valence-electron chi connectivity index (χ1n) is 13.0. The second kappa shape index (κ2) is 13.0. The van der Waals surface area contributed by atoms with Crippen LogP contribution in [-0.2, 0) is 30.5 Å². The third kappa shape index (κ3) is 8.01. The first-order valence-corrected chi connectivity index (χ1v) is 13.0. The van der Waals surface area contributed by atoms with Crippen LogP contribution in [0.1, 0.15) is 57.4 Å². The highest BCUT2D eigenvalue weighted by atomic mass is 19.4. The highest BCUT2D eigenvalue weighted by molar-refractivity contribution is 6.06. The van der Waals surface area contributed by atoms with Crippen molar-refractivity contribution in [3.8, 4) is 0 Å². The van der Waals surface area contributed by atoms with E-state index in [-0.39, 0.29) is 36.0 Å². The van der Waals surface area contributed by atoms with Crippen LogP contribution in [0.5, 0.6) is 0 Å². The van der Waals surface area contributed by atoms with Gasteiger partial charge in [0.15, 0.2) is 0 Å². The number of carbonyl (C=O) groups excluding carboxylic acids is 5. The SMILES string of the molecule is CNC(C)C(=O)N[C@H]1CCCC[C@H]2CC[C@@H](C(=O)NCc3cccc(NC(=O)CC(=O)C(F)(F)F)c3)N2C1=O. The van der Waals surface area contributed by atoms with Gasteiger partial charge in [-0.2, -0.15) is 13.2 Å². The van der Waals surface area contributed by atoms with Crippen LogP contribution in [-0.4, -0.2) is 71.7 Å². The van der Waals surface area contributed by atoms with Gasteiger partial charge in [0.05, 0.1) is 12.5 Å². The molecule has 4 N–H and O–H groups in total. The molecule has 1 aromatic carbocycles. The van der Waals surface area contributed by atoms with Crippen molar-refractivity contribution in [1.29, 1.82) is 0 Å². The van der Waals surface area contributed by atoms with Crippen molar-refractivity contribution >= 4 is 35.1 Å². The summed E-state index contributed by atoms with van der Waals surface area (Å²) >= 11 is 0.